The summed E-state index contributed by atoms with van der Waals surface area (Å²) in [5.74, 6) is 1.31. The summed E-state index contributed by atoms with van der Waals surface area (Å²) in [6.07, 6.45) is 3.17. The minimum atomic E-state index is 0.513. The summed E-state index contributed by atoms with van der Waals surface area (Å²) < 4.78 is 6.53. The van der Waals surface area contributed by atoms with Gasteiger partial charge >= 0.3 is 0 Å². The zero-order valence-electron chi connectivity index (χ0n) is 14.9. The number of nitriles is 1. The summed E-state index contributed by atoms with van der Waals surface area (Å²) >= 11 is 3.06. The molecule has 0 bridgehead atoms. The van der Waals surface area contributed by atoms with Crippen LogP contribution in [-0.2, 0) is 0 Å². The Bertz CT molecular complexity index is 1180. The van der Waals surface area contributed by atoms with Crippen molar-refractivity contribution < 1.29 is 4.74 Å². The summed E-state index contributed by atoms with van der Waals surface area (Å²) in [7, 11) is 0. The number of hydrogen-bond acceptors (Lipinski definition) is 8. The Morgan fingerprint density at radius 1 is 1.29 bits per heavy atom. The lowest BCUT2D eigenvalue weighted by Crippen LogP contribution is -1.94. The van der Waals surface area contributed by atoms with Crippen molar-refractivity contribution in [3.8, 4) is 22.3 Å². The van der Waals surface area contributed by atoms with E-state index in [1.54, 1.807) is 17.6 Å². The minimum absolute atomic E-state index is 0.513. The van der Waals surface area contributed by atoms with Crippen LogP contribution < -0.4 is 10.2 Å². The molecule has 0 spiro atoms. The van der Waals surface area contributed by atoms with Crippen LogP contribution in [-0.4, -0.2) is 22.8 Å². The molecule has 28 heavy (non-hydrogen) atoms. The molecule has 0 unspecified atom stereocenters. The van der Waals surface area contributed by atoms with Crippen LogP contribution in [0.3, 0.4) is 0 Å². The molecule has 3 heterocycles. The van der Waals surface area contributed by atoms with Gasteiger partial charge in [0.05, 0.1) is 28.0 Å². The van der Waals surface area contributed by atoms with Crippen LogP contribution in [0.15, 0.2) is 52.5 Å². The summed E-state index contributed by atoms with van der Waals surface area (Å²) in [4.78, 5) is 9.45. The highest BCUT2D eigenvalue weighted by molar-refractivity contribution is 7.23. The summed E-state index contributed by atoms with van der Waals surface area (Å²) in [5.41, 5.74) is 5.98. The van der Waals surface area contributed by atoms with E-state index >= 15 is 0 Å². The van der Waals surface area contributed by atoms with Crippen molar-refractivity contribution in [1.82, 2.24) is 9.97 Å². The largest absolute Gasteiger partial charge is 0.493 e. The molecule has 0 aliphatic rings. The van der Waals surface area contributed by atoms with Crippen LogP contribution in [0, 0.1) is 11.3 Å². The fraction of sp³-hybridized carbons (Fsp3) is 0.100. The van der Waals surface area contributed by atoms with Crippen LogP contribution in [0.25, 0.3) is 20.7 Å². The predicted octanol–water partition coefficient (Wildman–Crippen LogP) is 5.14. The number of hydrazone groups is 1. The molecule has 0 aliphatic carbocycles. The van der Waals surface area contributed by atoms with Crippen LogP contribution in [0.4, 0.5) is 5.82 Å². The summed E-state index contributed by atoms with van der Waals surface area (Å²) in [6, 6.07) is 12.0. The molecule has 4 rings (SSSR count). The fourth-order valence-corrected chi connectivity index (χ4v) is 4.52. The van der Waals surface area contributed by atoms with Gasteiger partial charge in [-0.05, 0) is 35.9 Å². The van der Waals surface area contributed by atoms with Crippen molar-refractivity contribution in [2.24, 2.45) is 5.10 Å². The average Bonchev–Trinajstić information content (AvgIpc) is 3.36. The fourth-order valence-electron chi connectivity index (χ4n) is 2.73. The monoisotopic (exact) mass is 405 g/mol. The quantitative estimate of drug-likeness (QED) is 0.355. The van der Waals surface area contributed by atoms with Crippen molar-refractivity contribution in [2.75, 3.05) is 12.0 Å². The van der Waals surface area contributed by atoms with Gasteiger partial charge in [0.25, 0.3) is 0 Å². The second-order valence-electron chi connectivity index (χ2n) is 5.67. The first kappa shape index (κ1) is 18.1. The van der Waals surface area contributed by atoms with Gasteiger partial charge in [0, 0.05) is 11.1 Å². The summed E-state index contributed by atoms with van der Waals surface area (Å²) in [5, 5.41) is 18.0. The number of fused-ring (bicyclic) bond motifs is 1. The van der Waals surface area contributed by atoms with Gasteiger partial charge in [0.15, 0.2) is 5.82 Å². The van der Waals surface area contributed by atoms with E-state index in [4.69, 9.17) is 4.74 Å². The lowest BCUT2D eigenvalue weighted by molar-refractivity contribution is 0.341. The van der Waals surface area contributed by atoms with E-state index in [2.05, 4.69) is 26.6 Å². The third kappa shape index (κ3) is 3.45. The zero-order chi connectivity index (χ0) is 19.3. The molecule has 0 fully saturated rings. The highest BCUT2D eigenvalue weighted by Crippen LogP contribution is 2.43. The molecule has 1 aromatic carbocycles. The van der Waals surface area contributed by atoms with Crippen LogP contribution in [0.2, 0.25) is 0 Å². The average molecular weight is 406 g/mol. The number of thiophene rings is 2. The highest BCUT2D eigenvalue weighted by Gasteiger charge is 2.20. The number of rotatable bonds is 6. The van der Waals surface area contributed by atoms with Crippen molar-refractivity contribution >= 4 is 44.9 Å². The number of nitrogens with zero attached hydrogens (tertiary/aromatic N) is 4. The van der Waals surface area contributed by atoms with E-state index in [1.165, 1.54) is 17.7 Å². The Kier molecular flexibility index (Phi) is 5.28. The molecule has 1 N–H and O–H groups in total. The van der Waals surface area contributed by atoms with Gasteiger partial charge < -0.3 is 4.74 Å². The number of ether oxygens (including phenoxy) is 1. The van der Waals surface area contributed by atoms with Gasteiger partial charge in [-0.25, -0.2) is 9.97 Å². The molecule has 0 atom stereocenters. The second kappa shape index (κ2) is 8.17. The van der Waals surface area contributed by atoms with Gasteiger partial charge in [0.1, 0.15) is 23.7 Å². The Morgan fingerprint density at radius 2 is 2.18 bits per heavy atom. The topological polar surface area (TPSA) is 83.2 Å². The van der Waals surface area contributed by atoms with E-state index in [1.807, 2.05) is 48.0 Å². The Balaban J connectivity index is 1.79. The molecule has 0 saturated heterocycles. The molecule has 6 nitrogen and oxygen atoms in total. The normalized spacial score (nSPS) is 11.0. The van der Waals surface area contributed by atoms with Crippen molar-refractivity contribution in [2.45, 2.75) is 6.92 Å². The molecule has 3 aromatic heterocycles. The molecule has 0 aliphatic heterocycles. The number of aromatic nitrogens is 2. The van der Waals surface area contributed by atoms with Crippen molar-refractivity contribution in [3.05, 3.63) is 58.5 Å². The highest BCUT2D eigenvalue weighted by atomic mass is 32.1. The number of benzene rings is 1. The van der Waals surface area contributed by atoms with Gasteiger partial charge in [-0.1, -0.05) is 12.1 Å². The zero-order valence-corrected chi connectivity index (χ0v) is 16.5. The molecule has 0 radical (unpaired) electrons. The standard InChI is InChI=1S/C20H15N5OS2/c1-2-26-16-6-4-3-5-14(16)18-15(9-21)17-19(28-18)20(23-12-22-17)25-24-10-13-7-8-27-11-13/h3-8,10-12H,2H2,1H3,(H,22,23,25). The first-order valence-corrected chi connectivity index (χ1v) is 10.3. The molecule has 4 aromatic rings. The first-order chi connectivity index (χ1) is 13.8. The minimum Gasteiger partial charge on any atom is -0.493 e. The van der Waals surface area contributed by atoms with Crippen molar-refractivity contribution in [1.29, 1.82) is 5.26 Å². The van der Waals surface area contributed by atoms with Crippen molar-refractivity contribution in [3.63, 3.8) is 0 Å². The predicted molar refractivity (Wildman–Crippen MR) is 114 cm³/mol. The van der Waals surface area contributed by atoms with Gasteiger partial charge in [0.2, 0.25) is 0 Å². The van der Waals surface area contributed by atoms with E-state index in [9.17, 15) is 5.26 Å². The van der Waals surface area contributed by atoms with E-state index in [0.717, 1.165) is 26.5 Å². The first-order valence-electron chi connectivity index (χ1n) is 8.53. The van der Waals surface area contributed by atoms with E-state index in [0.29, 0.717) is 23.5 Å². The van der Waals surface area contributed by atoms with Crippen LogP contribution in [0.5, 0.6) is 5.75 Å². The number of anilines is 1. The SMILES string of the molecule is CCOc1ccccc1-c1sc2c(NN=Cc3ccsc3)ncnc2c1C#N. The Morgan fingerprint density at radius 3 is 2.96 bits per heavy atom. The van der Waals surface area contributed by atoms with Gasteiger partial charge in [-0.2, -0.15) is 21.7 Å². The number of nitrogens with one attached hydrogen (secondary N) is 1. The Hall–Kier alpha value is -3.28. The molecular weight excluding hydrogens is 390 g/mol. The van der Waals surface area contributed by atoms with E-state index < -0.39 is 0 Å². The van der Waals surface area contributed by atoms with Gasteiger partial charge in [-0.15, -0.1) is 11.3 Å². The third-order valence-corrected chi connectivity index (χ3v) is 5.86. The maximum absolute atomic E-state index is 9.79. The maximum atomic E-state index is 9.79. The Labute approximate surface area is 169 Å². The molecule has 138 valence electrons. The van der Waals surface area contributed by atoms with E-state index in [-0.39, 0.29) is 0 Å². The molecule has 0 amide bonds. The van der Waals surface area contributed by atoms with Crippen LogP contribution >= 0.6 is 22.7 Å². The number of hydrogen-bond donors (Lipinski definition) is 1. The summed E-state index contributed by atoms with van der Waals surface area (Å²) in [6.45, 7) is 2.49. The lowest BCUT2D eigenvalue weighted by Gasteiger charge is -2.08. The smallest absolute Gasteiger partial charge is 0.167 e. The third-order valence-electron chi connectivity index (χ3n) is 3.94. The molecular formula is C20H15N5OS2. The van der Waals surface area contributed by atoms with Crippen LogP contribution in [0.1, 0.15) is 18.1 Å². The molecule has 0 saturated carbocycles. The molecule has 8 heteroatoms. The number of para-hydroxylation sites is 1. The van der Waals surface area contributed by atoms with Gasteiger partial charge in [-0.3, -0.25) is 5.43 Å². The maximum Gasteiger partial charge on any atom is 0.167 e. The second-order valence-corrected chi connectivity index (χ2v) is 7.47. The lowest BCUT2D eigenvalue weighted by atomic mass is 10.1.